The van der Waals surface area contributed by atoms with E-state index in [4.69, 9.17) is 16.3 Å². The Bertz CT molecular complexity index is 818. The Balaban J connectivity index is 1.96. The van der Waals surface area contributed by atoms with Crippen molar-refractivity contribution in [1.29, 1.82) is 0 Å². The molecule has 2 atom stereocenters. The summed E-state index contributed by atoms with van der Waals surface area (Å²) in [4.78, 5) is 2.15. The number of methoxy groups -OCH3 is 1. The summed E-state index contributed by atoms with van der Waals surface area (Å²) in [7, 11) is 5.79. The van der Waals surface area contributed by atoms with E-state index in [2.05, 4.69) is 31.1 Å². The summed E-state index contributed by atoms with van der Waals surface area (Å²) < 4.78 is 5.34. The van der Waals surface area contributed by atoms with Gasteiger partial charge in [-0.15, -0.1) is 0 Å². The zero-order valence-corrected chi connectivity index (χ0v) is 17.0. The number of benzene rings is 2. The first-order valence-electron chi connectivity index (χ1n) is 9.37. The van der Waals surface area contributed by atoms with Crippen LogP contribution in [0.2, 0.25) is 5.02 Å². The maximum Gasteiger partial charge on any atom is 0.119 e. The molecular formula is C23H28ClNO2. The molecule has 3 rings (SSSR count). The van der Waals surface area contributed by atoms with Crippen LogP contribution in [0.15, 0.2) is 54.1 Å². The monoisotopic (exact) mass is 385 g/mol. The van der Waals surface area contributed by atoms with Crippen LogP contribution in [0.5, 0.6) is 5.75 Å². The maximum atomic E-state index is 11.8. The molecule has 2 aromatic rings. The van der Waals surface area contributed by atoms with Crippen LogP contribution < -0.4 is 4.74 Å². The van der Waals surface area contributed by atoms with Crippen molar-refractivity contribution in [1.82, 2.24) is 4.90 Å². The van der Waals surface area contributed by atoms with Crippen molar-refractivity contribution in [2.24, 2.45) is 5.92 Å². The van der Waals surface area contributed by atoms with Crippen LogP contribution in [0.3, 0.4) is 0 Å². The summed E-state index contributed by atoms with van der Waals surface area (Å²) >= 11 is 6.18. The number of aliphatic hydroxyl groups is 1. The molecule has 4 heteroatoms. The van der Waals surface area contributed by atoms with Crippen LogP contribution in [-0.4, -0.2) is 43.4 Å². The van der Waals surface area contributed by atoms with Crippen molar-refractivity contribution in [3.8, 4) is 5.75 Å². The smallest absolute Gasteiger partial charge is 0.119 e. The van der Waals surface area contributed by atoms with E-state index in [1.165, 1.54) is 0 Å². The van der Waals surface area contributed by atoms with E-state index in [-0.39, 0.29) is 5.92 Å². The van der Waals surface area contributed by atoms with Gasteiger partial charge in [-0.05, 0) is 67.9 Å². The van der Waals surface area contributed by atoms with Gasteiger partial charge in [0.1, 0.15) is 5.75 Å². The normalized spacial score (nSPS) is 23.9. The fourth-order valence-corrected chi connectivity index (χ4v) is 4.29. The zero-order chi connectivity index (χ0) is 19.4. The number of ether oxygens (including phenoxy) is 1. The van der Waals surface area contributed by atoms with Gasteiger partial charge in [0.25, 0.3) is 0 Å². The summed E-state index contributed by atoms with van der Waals surface area (Å²) in [5.41, 5.74) is 2.33. The molecule has 0 bridgehead atoms. The summed E-state index contributed by atoms with van der Waals surface area (Å²) in [6.07, 6.45) is 4.57. The van der Waals surface area contributed by atoms with E-state index in [1.54, 1.807) is 7.11 Å². The third-order valence-electron chi connectivity index (χ3n) is 5.38. The number of halogens is 1. The number of rotatable bonds is 6. The van der Waals surface area contributed by atoms with Crippen molar-refractivity contribution in [3.05, 3.63) is 70.3 Å². The lowest BCUT2D eigenvalue weighted by molar-refractivity contribution is 0.0257. The lowest BCUT2D eigenvalue weighted by Crippen LogP contribution is -2.42. The molecule has 1 N–H and O–H groups in total. The standard InChI is InChI=1S/C23H28ClNO2/c1-25(2)16-20-11-10-19(12-17-6-5-9-22(14-17)27-3)23(20,26)15-18-7-4-8-21(24)13-18/h4-9,12-14,20,26H,10-11,15-16H2,1-3H3/b19-12+. The third kappa shape index (κ3) is 4.73. The zero-order valence-electron chi connectivity index (χ0n) is 16.3. The Labute approximate surface area is 167 Å². The predicted octanol–water partition coefficient (Wildman–Crippen LogP) is 4.68. The Morgan fingerprint density at radius 1 is 1.22 bits per heavy atom. The molecule has 0 heterocycles. The first-order chi connectivity index (χ1) is 12.9. The summed E-state index contributed by atoms with van der Waals surface area (Å²) in [5, 5.41) is 12.5. The largest absolute Gasteiger partial charge is 0.497 e. The SMILES string of the molecule is COc1cccc(/C=C2\CCC(CN(C)C)C2(O)Cc2cccc(Cl)c2)c1. The van der Waals surface area contributed by atoms with Crippen molar-refractivity contribution < 1.29 is 9.84 Å². The topological polar surface area (TPSA) is 32.7 Å². The second-order valence-corrected chi connectivity index (χ2v) is 8.11. The molecule has 0 radical (unpaired) electrons. The van der Waals surface area contributed by atoms with E-state index in [1.807, 2.05) is 42.5 Å². The molecule has 27 heavy (non-hydrogen) atoms. The highest BCUT2D eigenvalue weighted by atomic mass is 35.5. The van der Waals surface area contributed by atoms with Gasteiger partial charge in [-0.3, -0.25) is 0 Å². The minimum Gasteiger partial charge on any atom is -0.497 e. The minimum absolute atomic E-state index is 0.184. The highest BCUT2D eigenvalue weighted by Crippen LogP contribution is 2.44. The van der Waals surface area contributed by atoms with Crippen LogP contribution in [0.25, 0.3) is 6.08 Å². The van der Waals surface area contributed by atoms with Gasteiger partial charge < -0.3 is 14.7 Å². The van der Waals surface area contributed by atoms with Gasteiger partial charge in [-0.1, -0.05) is 41.9 Å². The molecule has 2 unspecified atom stereocenters. The van der Waals surface area contributed by atoms with Gasteiger partial charge in [0.15, 0.2) is 0 Å². The highest BCUT2D eigenvalue weighted by Gasteiger charge is 2.45. The molecule has 2 aromatic carbocycles. The number of nitrogens with zero attached hydrogens (tertiary/aromatic N) is 1. The summed E-state index contributed by atoms with van der Waals surface area (Å²) in [6.45, 7) is 0.854. The maximum absolute atomic E-state index is 11.8. The van der Waals surface area contributed by atoms with Crippen molar-refractivity contribution in [2.75, 3.05) is 27.7 Å². The van der Waals surface area contributed by atoms with Crippen molar-refractivity contribution >= 4 is 17.7 Å². The Hall–Kier alpha value is -1.81. The molecule has 1 saturated carbocycles. The fourth-order valence-electron chi connectivity index (χ4n) is 4.08. The third-order valence-corrected chi connectivity index (χ3v) is 5.61. The Morgan fingerprint density at radius 2 is 2.00 bits per heavy atom. The molecule has 0 spiro atoms. The van der Waals surface area contributed by atoms with E-state index in [9.17, 15) is 5.11 Å². The first kappa shape index (κ1) is 19.9. The average molecular weight is 386 g/mol. The van der Waals surface area contributed by atoms with Gasteiger partial charge in [0.05, 0.1) is 12.7 Å². The number of hydrogen-bond donors (Lipinski definition) is 1. The molecular weight excluding hydrogens is 358 g/mol. The molecule has 0 aliphatic heterocycles. The second kappa shape index (κ2) is 8.47. The fraction of sp³-hybridized carbons (Fsp3) is 0.391. The molecule has 1 fully saturated rings. The molecule has 1 aliphatic rings. The molecule has 0 saturated heterocycles. The Morgan fingerprint density at radius 3 is 2.70 bits per heavy atom. The molecule has 144 valence electrons. The average Bonchev–Trinajstić information content (AvgIpc) is 2.90. The van der Waals surface area contributed by atoms with Crippen molar-refractivity contribution in [2.45, 2.75) is 24.9 Å². The van der Waals surface area contributed by atoms with Crippen LogP contribution in [-0.2, 0) is 6.42 Å². The molecule has 0 amide bonds. The van der Waals surface area contributed by atoms with Gasteiger partial charge >= 0.3 is 0 Å². The lowest BCUT2D eigenvalue weighted by atomic mass is 9.81. The molecule has 1 aliphatic carbocycles. The van der Waals surface area contributed by atoms with Gasteiger partial charge in [-0.25, -0.2) is 0 Å². The van der Waals surface area contributed by atoms with E-state index < -0.39 is 5.60 Å². The predicted molar refractivity (Wildman–Crippen MR) is 112 cm³/mol. The number of hydrogen-bond acceptors (Lipinski definition) is 3. The van der Waals surface area contributed by atoms with E-state index in [0.29, 0.717) is 11.4 Å². The lowest BCUT2D eigenvalue weighted by Gasteiger charge is -2.33. The second-order valence-electron chi connectivity index (χ2n) is 7.67. The highest BCUT2D eigenvalue weighted by molar-refractivity contribution is 6.30. The van der Waals surface area contributed by atoms with Crippen LogP contribution >= 0.6 is 11.6 Å². The van der Waals surface area contributed by atoms with Crippen LogP contribution in [0.1, 0.15) is 24.0 Å². The van der Waals surface area contributed by atoms with Gasteiger partial charge in [0, 0.05) is 23.9 Å². The van der Waals surface area contributed by atoms with Crippen LogP contribution in [0.4, 0.5) is 0 Å². The molecule has 3 nitrogen and oxygen atoms in total. The molecule has 0 aromatic heterocycles. The quantitative estimate of drug-likeness (QED) is 0.783. The van der Waals surface area contributed by atoms with E-state index in [0.717, 1.165) is 41.8 Å². The first-order valence-corrected chi connectivity index (χ1v) is 9.75. The van der Waals surface area contributed by atoms with Gasteiger partial charge in [-0.2, -0.15) is 0 Å². The summed E-state index contributed by atoms with van der Waals surface area (Å²) in [5.74, 6) is 1.01. The Kier molecular flexibility index (Phi) is 6.25. The van der Waals surface area contributed by atoms with Crippen molar-refractivity contribution in [3.63, 3.8) is 0 Å². The van der Waals surface area contributed by atoms with E-state index >= 15 is 0 Å². The minimum atomic E-state index is -0.877. The van der Waals surface area contributed by atoms with Crippen LogP contribution in [0, 0.1) is 5.92 Å². The van der Waals surface area contributed by atoms with Gasteiger partial charge in [0.2, 0.25) is 0 Å². The summed E-state index contributed by atoms with van der Waals surface area (Å²) in [6, 6.07) is 15.8.